The van der Waals surface area contributed by atoms with E-state index < -0.39 is 17.2 Å². The molecule has 0 atom stereocenters. The zero-order valence-corrected chi connectivity index (χ0v) is 13.6. The van der Waals surface area contributed by atoms with Crippen molar-refractivity contribution in [3.8, 4) is 22.3 Å². The average molecular weight is 326 g/mol. The summed E-state index contributed by atoms with van der Waals surface area (Å²) in [5.74, 6) is -1.51. The van der Waals surface area contributed by atoms with Crippen molar-refractivity contribution in [1.29, 1.82) is 0 Å². The van der Waals surface area contributed by atoms with Crippen molar-refractivity contribution >= 4 is 0 Å². The number of rotatable bonds is 2. The van der Waals surface area contributed by atoms with Crippen molar-refractivity contribution in [3.05, 3.63) is 75.7 Å². The molecule has 0 aliphatic carbocycles. The Hall–Kier alpha value is -2.82. The number of benzene rings is 2. The average Bonchev–Trinajstić information content (AvgIpc) is 2.52. The number of hydrogen-bond acceptors (Lipinski definition) is 2. The van der Waals surface area contributed by atoms with Gasteiger partial charge in [0.2, 0.25) is 0 Å². The molecule has 0 unspecified atom stereocenters. The molecule has 0 radical (unpaired) electrons. The Kier molecular flexibility index (Phi) is 4.01. The lowest BCUT2D eigenvalue weighted by atomic mass is 9.93. The van der Waals surface area contributed by atoms with Crippen molar-refractivity contribution in [2.45, 2.75) is 13.8 Å². The first-order valence-electron chi connectivity index (χ1n) is 7.49. The zero-order chi connectivity index (χ0) is 17.4. The second-order valence-electron chi connectivity index (χ2n) is 5.73. The topological polar surface area (TPSA) is 34.9 Å². The largest absolute Gasteiger partial charge is 0.275 e. The fourth-order valence-corrected chi connectivity index (χ4v) is 2.90. The van der Waals surface area contributed by atoms with Crippen LogP contribution in [-0.2, 0) is 7.05 Å². The Morgan fingerprint density at radius 2 is 1.50 bits per heavy atom. The molecule has 1 heterocycles. The molecule has 0 aliphatic rings. The van der Waals surface area contributed by atoms with Crippen LogP contribution < -0.4 is 5.56 Å². The van der Waals surface area contributed by atoms with E-state index in [1.807, 2.05) is 6.07 Å². The number of hydrogen-bond donors (Lipinski definition) is 0. The summed E-state index contributed by atoms with van der Waals surface area (Å²) in [4.78, 5) is 12.7. The third-order valence-electron chi connectivity index (χ3n) is 3.92. The minimum atomic E-state index is -0.757. The molecule has 122 valence electrons. The molecule has 0 fully saturated rings. The van der Waals surface area contributed by atoms with E-state index in [1.165, 1.54) is 19.2 Å². The summed E-state index contributed by atoms with van der Waals surface area (Å²) < 4.78 is 30.2. The van der Waals surface area contributed by atoms with E-state index in [-0.39, 0.29) is 11.1 Å². The molecule has 0 saturated heterocycles. The molecule has 0 N–H and O–H groups in total. The maximum absolute atomic E-state index is 14.5. The number of aryl methyl sites for hydroxylation is 3. The summed E-state index contributed by atoms with van der Waals surface area (Å²) in [5, 5.41) is 4.17. The SMILES string of the molecule is Cc1cc(F)c(-c2c(-c3ccccc3)c(C)nn(C)c2=O)c(F)c1. The van der Waals surface area contributed by atoms with Crippen molar-refractivity contribution in [2.24, 2.45) is 7.05 Å². The van der Waals surface area contributed by atoms with Crippen LogP contribution in [0.4, 0.5) is 8.78 Å². The normalized spacial score (nSPS) is 10.9. The van der Waals surface area contributed by atoms with E-state index in [9.17, 15) is 13.6 Å². The highest BCUT2D eigenvalue weighted by Crippen LogP contribution is 2.34. The fraction of sp³-hybridized carbons (Fsp3) is 0.158. The first-order chi connectivity index (χ1) is 11.4. The molecular formula is C19H16F2N2O. The Bertz CT molecular complexity index is 956. The van der Waals surface area contributed by atoms with Crippen LogP contribution in [0.1, 0.15) is 11.3 Å². The summed E-state index contributed by atoms with van der Waals surface area (Å²) in [6.45, 7) is 3.32. The van der Waals surface area contributed by atoms with Gasteiger partial charge in [0, 0.05) is 12.6 Å². The lowest BCUT2D eigenvalue weighted by Gasteiger charge is -2.15. The molecule has 2 aromatic carbocycles. The van der Waals surface area contributed by atoms with E-state index in [1.54, 1.807) is 38.1 Å². The van der Waals surface area contributed by atoms with Gasteiger partial charge in [-0.15, -0.1) is 0 Å². The van der Waals surface area contributed by atoms with Gasteiger partial charge in [0.1, 0.15) is 11.6 Å². The van der Waals surface area contributed by atoms with Crippen LogP contribution in [-0.4, -0.2) is 9.78 Å². The lowest BCUT2D eigenvalue weighted by Crippen LogP contribution is -2.24. The van der Waals surface area contributed by atoms with Crippen molar-refractivity contribution in [1.82, 2.24) is 9.78 Å². The van der Waals surface area contributed by atoms with E-state index in [2.05, 4.69) is 5.10 Å². The molecule has 3 aromatic rings. The first-order valence-corrected chi connectivity index (χ1v) is 7.49. The van der Waals surface area contributed by atoms with Gasteiger partial charge < -0.3 is 0 Å². The third kappa shape index (κ3) is 2.62. The monoisotopic (exact) mass is 326 g/mol. The van der Waals surface area contributed by atoms with E-state index in [4.69, 9.17) is 0 Å². The van der Waals surface area contributed by atoms with Gasteiger partial charge in [-0.05, 0) is 37.1 Å². The van der Waals surface area contributed by atoms with Gasteiger partial charge in [0.15, 0.2) is 0 Å². The zero-order valence-electron chi connectivity index (χ0n) is 13.6. The number of halogens is 2. The van der Waals surface area contributed by atoms with Crippen molar-refractivity contribution in [2.75, 3.05) is 0 Å². The third-order valence-corrected chi connectivity index (χ3v) is 3.92. The number of aromatic nitrogens is 2. The van der Waals surface area contributed by atoms with Gasteiger partial charge in [0.25, 0.3) is 5.56 Å². The van der Waals surface area contributed by atoms with Crippen LogP contribution in [0.25, 0.3) is 22.3 Å². The van der Waals surface area contributed by atoms with Crippen LogP contribution in [0.5, 0.6) is 0 Å². The Labute approximate surface area is 138 Å². The first kappa shape index (κ1) is 16.1. The molecule has 24 heavy (non-hydrogen) atoms. The van der Waals surface area contributed by atoms with Crippen LogP contribution in [0.2, 0.25) is 0 Å². The van der Waals surface area contributed by atoms with Crippen LogP contribution in [0, 0.1) is 25.5 Å². The van der Waals surface area contributed by atoms with Gasteiger partial charge in [-0.1, -0.05) is 30.3 Å². The molecular weight excluding hydrogens is 310 g/mol. The molecule has 3 nitrogen and oxygen atoms in total. The van der Waals surface area contributed by atoms with E-state index >= 15 is 0 Å². The van der Waals surface area contributed by atoms with E-state index in [0.717, 1.165) is 4.68 Å². The molecule has 5 heteroatoms. The van der Waals surface area contributed by atoms with Crippen LogP contribution in [0.3, 0.4) is 0 Å². The fourth-order valence-electron chi connectivity index (χ4n) is 2.90. The molecule has 0 aliphatic heterocycles. The quantitative estimate of drug-likeness (QED) is 0.713. The standard InChI is InChI=1S/C19H16F2N2O/c1-11-9-14(20)17(15(21)10-11)18-16(13-7-5-4-6-8-13)12(2)22-23(3)19(18)24/h4-10H,1-3H3. The van der Waals surface area contributed by atoms with Crippen LogP contribution in [0.15, 0.2) is 47.3 Å². The second-order valence-corrected chi connectivity index (χ2v) is 5.73. The molecule has 0 spiro atoms. The summed E-state index contributed by atoms with van der Waals surface area (Å²) in [6.07, 6.45) is 0. The maximum atomic E-state index is 14.5. The smallest absolute Gasteiger partial charge is 0.267 e. The van der Waals surface area contributed by atoms with Gasteiger partial charge in [0.05, 0.1) is 16.8 Å². The highest BCUT2D eigenvalue weighted by atomic mass is 19.1. The van der Waals surface area contributed by atoms with Gasteiger partial charge >= 0.3 is 0 Å². The molecule has 1 aromatic heterocycles. The Morgan fingerprint density at radius 3 is 2.08 bits per heavy atom. The predicted octanol–water partition coefficient (Wildman–Crippen LogP) is 4.01. The molecule has 3 rings (SSSR count). The van der Waals surface area contributed by atoms with Gasteiger partial charge in [-0.3, -0.25) is 4.79 Å². The molecule has 0 bridgehead atoms. The molecule has 0 amide bonds. The highest BCUT2D eigenvalue weighted by Gasteiger charge is 2.23. The van der Waals surface area contributed by atoms with Crippen LogP contribution >= 0.6 is 0 Å². The summed E-state index contributed by atoms with van der Waals surface area (Å²) in [6, 6.07) is 11.5. The maximum Gasteiger partial charge on any atom is 0.275 e. The van der Waals surface area contributed by atoms with Crippen molar-refractivity contribution < 1.29 is 8.78 Å². The Morgan fingerprint density at radius 1 is 0.917 bits per heavy atom. The minimum Gasteiger partial charge on any atom is -0.267 e. The van der Waals surface area contributed by atoms with Crippen molar-refractivity contribution in [3.63, 3.8) is 0 Å². The summed E-state index contributed by atoms with van der Waals surface area (Å²) in [7, 11) is 1.47. The number of nitrogens with zero attached hydrogens (tertiary/aromatic N) is 2. The lowest BCUT2D eigenvalue weighted by molar-refractivity contribution is 0.586. The van der Waals surface area contributed by atoms with Gasteiger partial charge in [-0.2, -0.15) is 5.10 Å². The Balaban J connectivity index is 2.47. The second kappa shape index (κ2) is 6.00. The minimum absolute atomic E-state index is 0.00815. The predicted molar refractivity (Wildman–Crippen MR) is 89.7 cm³/mol. The molecule has 0 saturated carbocycles. The van der Waals surface area contributed by atoms with Gasteiger partial charge in [-0.25, -0.2) is 13.5 Å². The van der Waals surface area contributed by atoms with E-state index in [0.29, 0.717) is 22.4 Å². The highest BCUT2D eigenvalue weighted by molar-refractivity contribution is 5.84. The summed E-state index contributed by atoms with van der Waals surface area (Å²) in [5.41, 5.74) is 1.25. The summed E-state index contributed by atoms with van der Waals surface area (Å²) >= 11 is 0.